The molecule has 0 aromatic heterocycles. The highest BCUT2D eigenvalue weighted by molar-refractivity contribution is 5.89. The maximum atomic E-state index is 11.7. The number of nitrogens with one attached hydrogen (secondary N) is 2. The van der Waals surface area contributed by atoms with Crippen LogP contribution in [0.4, 0.5) is 11.4 Å². The van der Waals surface area contributed by atoms with E-state index >= 15 is 0 Å². The molecule has 0 saturated carbocycles. The number of para-hydroxylation sites is 1. The van der Waals surface area contributed by atoms with Gasteiger partial charge in [-0.25, -0.2) is 5.43 Å². The Bertz CT molecular complexity index is 793. The van der Waals surface area contributed by atoms with Crippen molar-refractivity contribution < 1.29 is 19.6 Å². The molecule has 9 heteroatoms. The van der Waals surface area contributed by atoms with Gasteiger partial charge in [0.05, 0.1) is 30.4 Å². The van der Waals surface area contributed by atoms with Crippen molar-refractivity contribution >= 4 is 23.5 Å². The van der Waals surface area contributed by atoms with Crippen molar-refractivity contribution in [3.8, 4) is 11.5 Å². The van der Waals surface area contributed by atoms with Crippen LogP contribution in [0.5, 0.6) is 11.5 Å². The number of carbonyl (C=O) groups excluding carboxylic acids is 1. The lowest BCUT2D eigenvalue weighted by Gasteiger charge is -2.06. The average molecular weight is 344 g/mol. The Morgan fingerprint density at radius 2 is 2.04 bits per heavy atom. The van der Waals surface area contributed by atoms with Crippen molar-refractivity contribution in [2.75, 3.05) is 19.0 Å². The van der Waals surface area contributed by atoms with Gasteiger partial charge in [0.25, 0.3) is 5.91 Å². The molecule has 130 valence electrons. The zero-order valence-corrected chi connectivity index (χ0v) is 13.3. The van der Waals surface area contributed by atoms with Crippen LogP contribution in [0.2, 0.25) is 0 Å². The number of nitro groups is 1. The first-order chi connectivity index (χ1) is 12.0. The van der Waals surface area contributed by atoms with Gasteiger partial charge in [0.15, 0.2) is 5.75 Å². The summed E-state index contributed by atoms with van der Waals surface area (Å²) in [6, 6.07) is 11.7. The van der Waals surface area contributed by atoms with Gasteiger partial charge in [-0.05, 0) is 24.3 Å². The molecule has 0 bridgehead atoms. The standard InChI is InChI=1S/C16H16N4O5/c1-25-16-13(21)8-7-11(15(16)20(23)24)9-18-19-14(22)10-17-12-5-3-2-4-6-12/h2-9,17,21H,10H2,1H3,(H,19,22)/b18-9+. The second kappa shape index (κ2) is 8.29. The summed E-state index contributed by atoms with van der Waals surface area (Å²) < 4.78 is 4.84. The number of hydrogen-bond donors (Lipinski definition) is 3. The molecular formula is C16H16N4O5. The van der Waals surface area contributed by atoms with Gasteiger partial charge in [0.2, 0.25) is 5.75 Å². The SMILES string of the molecule is COc1c(O)ccc(/C=N/NC(=O)CNc2ccccc2)c1[N+](=O)[O-]. The van der Waals surface area contributed by atoms with Crippen molar-refractivity contribution in [3.05, 3.63) is 58.1 Å². The zero-order chi connectivity index (χ0) is 18.2. The second-order valence-electron chi connectivity index (χ2n) is 4.83. The first-order valence-electron chi connectivity index (χ1n) is 7.18. The molecule has 9 nitrogen and oxygen atoms in total. The summed E-state index contributed by atoms with van der Waals surface area (Å²) in [6.07, 6.45) is 1.11. The maximum absolute atomic E-state index is 11.7. The van der Waals surface area contributed by atoms with E-state index in [0.29, 0.717) is 0 Å². The number of hydrogen-bond acceptors (Lipinski definition) is 7. The van der Waals surface area contributed by atoms with Gasteiger partial charge in [0, 0.05) is 5.69 Å². The summed E-state index contributed by atoms with van der Waals surface area (Å²) in [5.74, 6) is -1.05. The fourth-order valence-electron chi connectivity index (χ4n) is 2.02. The molecule has 2 aromatic carbocycles. The third kappa shape index (κ3) is 4.67. The lowest BCUT2D eigenvalue weighted by molar-refractivity contribution is -0.386. The molecule has 0 spiro atoms. The molecule has 2 rings (SSSR count). The number of hydrazone groups is 1. The summed E-state index contributed by atoms with van der Waals surface area (Å²) in [7, 11) is 1.21. The number of rotatable bonds is 7. The fourth-order valence-corrected chi connectivity index (χ4v) is 2.02. The molecule has 0 aliphatic carbocycles. The molecule has 25 heavy (non-hydrogen) atoms. The molecule has 0 heterocycles. The molecule has 0 aliphatic heterocycles. The number of benzene rings is 2. The minimum absolute atomic E-state index is 0.0116. The van der Waals surface area contributed by atoms with Crippen molar-refractivity contribution in [3.63, 3.8) is 0 Å². The van der Waals surface area contributed by atoms with E-state index in [1.54, 1.807) is 0 Å². The van der Waals surface area contributed by atoms with Gasteiger partial charge in [0.1, 0.15) is 0 Å². The largest absolute Gasteiger partial charge is 0.504 e. The van der Waals surface area contributed by atoms with E-state index in [0.717, 1.165) is 11.9 Å². The van der Waals surface area contributed by atoms with Gasteiger partial charge in [-0.15, -0.1) is 0 Å². The highest BCUT2D eigenvalue weighted by Gasteiger charge is 2.23. The molecule has 0 aliphatic rings. The van der Waals surface area contributed by atoms with Crippen LogP contribution >= 0.6 is 0 Å². The van der Waals surface area contributed by atoms with E-state index in [1.165, 1.54) is 19.2 Å². The van der Waals surface area contributed by atoms with Crippen LogP contribution in [-0.4, -0.2) is 35.8 Å². The predicted octanol–water partition coefficient (Wildman–Crippen LogP) is 1.87. The Hall–Kier alpha value is -3.62. The number of nitrogens with zero attached hydrogens (tertiary/aromatic N) is 2. The molecule has 1 amide bonds. The van der Waals surface area contributed by atoms with E-state index in [-0.39, 0.29) is 23.6 Å². The first-order valence-corrected chi connectivity index (χ1v) is 7.18. The van der Waals surface area contributed by atoms with E-state index in [2.05, 4.69) is 15.8 Å². The van der Waals surface area contributed by atoms with Gasteiger partial charge in [-0.2, -0.15) is 5.10 Å². The zero-order valence-electron chi connectivity index (χ0n) is 13.3. The number of aromatic hydroxyl groups is 1. The molecule has 0 fully saturated rings. The van der Waals surface area contributed by atoms with Gasteiger partial charge in [-0.3, -0.25) is 14.9 Å². The number of nitro benzene ring substituents is 1. The van der Waals surface area contributed by atoms with Gasteiger partial charge >= 0.3 is 5.69 Å². The van der Waals surface area contributed by atoms with E-state index in [1.807, 2.05) is 30.3 Å². The lowest BCUT2D eigenvalue weighted by Crippen LogP contribution is -2.25. The number of methoxy groups -OCH3 is 1. The van der Waals surface area contributed by atoms with Gasteiger partial charge < -0.3 is 15.2 Å². The second-order valence-corrected chi connectivity index (χ2v) is 4.83. The Morgan fingerprint density at radius 3 is 2.68 bits per heavy atom. The van der Waals surface area contributed by atoms with Crippen LogP contribution in [0, 0.1) is 10.1 Å². The number of anilines is 1. The van der Waals surface area contributed by atoms with Crippen LogP contribution in [0.15, 0.2) is 47.6 Å². The normalized spacial score (nSPS) is 10.4. The Morgan fingerprint density at radius 1 is 1.32 bits per heavy atom. The smallest absolute Gasteiger partial charge is 0.323 e. The van der Waals surface area contributed by atoms with Crippen LogP contribution in [0.1, 0.15) is 5.56 Å². The Kier molecular flexibility index (Phi) is 5.88. The van der Waals surface area contributed by atoms with Crippen molar-refractivity contribution in [2.24, 2.45) is 5.10 Å². The molecule has 0 unspecified atom stereocenters. The number of phenols is 1. The lowest BCUT2D eigenvalue weighted by atomic mass is 10.1. The summed E-state index contributed by atoms with van der Waals surface area (Å²) in [5, 5.41) is 27.4. The van der Waals surface area contributed by atoms with Crippen molar-refractivity contribution in [1.29, 1.82) is 0 Å². The number of amides is 1. The quantitative estimate of drug-likeness (QED) is 0.400. The summed E-state index contributed by atoms with van der Waals surface area (Å²) in [6.45, 7) is -0.0116. The summed E-state index contributed by atoms with van der Waals surface area (Å²) in [5.41, 5.74) is 2.68. The van der Waals surface area contributed by atoms with Crippen LogP contribution < -0.4 is 15.5 Å². The molecule has 0 radical (unpaired) electrons. The minimum atomic E-state index is -0.696. The van der Waals surface area contributed by atoms with Crippen molar-refractivity contribution in [1.82, 2.24) is 5.43 Å². The van der Waals surface area contributed by atoms with E-state index < -0.39 is 16.5 Å². The maximum Gasteiger partial charge on any atom is 0.323 e. The molecule has 3 N–H and O–H groups in total. The van der Waals surface area contributed by atoms with Crippen molar-refractivity contribution in [2.45, 2.75) is 0 Å². The third-order valence-electron chi connectivity index (χ3n) is 3.15. The minimum Gasteiger partial charge on any atom is -0.504 e. The van der Waals surface area contributed by atoms with Crippen LogP contribution in [0.3, 0.4) is 0 Å². The number of ether oxygens (including phenoxy) is 1. The van der Waals surface area contributed by atoms with Gasteiger partial charge in [-0.1, -0.05) is 18.2 Å². The van der Waals surface area contributed by atoms with E-state index in [4.69, 9.17) is 4.74 Å². The van der Waals surface area contributed by atoms with Crippen LogP contribution in [-0.2, 0) is 4.79 Å². The summed E-state index contributed by atoms with van der Waals surface area (Å²) >= 11 is 0. The summed E-state index contributed by atoms with van der Waals surface area (Å²) in [4.78, 5) is 22.2. The predicted molar refractivity (Wildman–Crippen MR) is 92.0 cm³/mol. The third-order valence-corrected chi connectivity index (χ3v) is 3.15. The first kappa shape index (κ1) is 17.7. The van der Waals surface area contributed by atoms with E-state index in [9.17, 15) is 20.0 Å². The Labute approximate surface area is 143 Å². The Balaban J connectivity index is 2.02. The number of phenolic OH excluding ortho intramolecular Hbond substituents is 1. The molecular weight excluding hydrogens is 328 g/mol. The fraction of sp³-hybridized carbons (Fsp3) is 0.125. The molecule has 0 atom stereocenters. The topological polar surface area (TPSA) is 126 Å². The highest BCUT2D eigenvalue weighted by atomic mass is 16.6. The monoisotopic (exact) mass is 344 g/mol. The molecule has 0 saturated heterocycles. The number of carbonyl (C=O) groups is 1. The highest BCUT2D eigenvalue weighted by Crippen LogP contribution is 2.37. The van der Waals surface area contributed by atoms with Crippen LogP contribution in [0.25, 0.3) is 0 Å². The molecule has 2 aromatic rings. The average Bonchev–Trinajstić information content (AvgIpc) is 2.61.